The number of rotatable bonds is 4. The molecule has 3 aromatic carbocycles. The Hall–Kier alpha value is -3.31. The summed E-state index contributed by atoms with van der Waals surface area (Å²) >= 11 is 1.62. The van der Waals surface area contributed by atoms with Crippen molar-refractivity contribution >= 4 is 41.1 Å². The monoisotopic (exact) mass is 387 g/mol. The SMILES string of the molecule is O=C(/C=C/c1ccccc1)OCC(=O)N1c2ccccc2Sc2ccccc21. The molecule has 3 aromatic rings. The molecule has 0 fully saturated rings. The van der Waals surface area contributed by atoms with Gasteiger partial charge < -0.3 is 4.74 Å². The van der Waals surface area contributed by atoms with Crippen molar-refractivity contribution < 1.29 is 14.3 Å². The molecule has 0 bridgehead atoms. The van der Waals surface area contributed by atoms with Gasteiger partial charge in [0.1, 0.15) is 0 Å². The Kier molecular flexibility index (Phi) is 5.26. The van der Waals surface area contributed by atoms with Crippen molar-refractivity contribution in [3.05, 3.63) is 90.5 Å². The lowest BCUT2D eigenvalue weighted by molar-refractivity contribution is -0.142. The number of fused-ring (bicyclic) bond motifs is 2. The summed E-state index contributed by atoms with van der Waals surface area (Å²) in [6, 6.07) is 24.9. The van der Waals surface area contributed by atoms with E-state index in [0.29, 0.717) is 0 Å². The van der Waals surface area contributed by atoms with Crippen LogP contribution < -0.4 is 4.90 Å². The standard InChI is InChI=1S/C23H17NO3S/c25-22(16-27-23(26)15-14-17-8-2-1-3-9-17)24-18-10-4-6-12-20(18)28-21-13-7-5-11-19(21)24/h1-15H,16H2/b15-14+. The highest BCUT2D eigenvalue weighted by Gasteiger charge is 2.28. The van der Waals surface area contributed by atoms with Crippen LogP contribution in [0.4, 0.5) is 11.4 Å². The van der Waals surface area contributed by atoms with E-state index in [1.165, 1.54) is 6.08 Å². The number of carbonyl (C=O) groups is 2. The minimum atomic E-state index is -0.551. The summed E-state index contributed by atoms with van der Waals surface area (Å²) in [4.78, 5) is 28.5. The lowest BCUT2D eigenvalue weighted by Crippen LogP contribution is -2.32. The van der Waals surface area contributed by atoms with Crippen LogP contribution in [0.1, 0.15) is 5.56 Å². The van der Waals surface area contributed by atoms with E-state index in [9.17, 15) is 9.59 Å². The zero-order valence-electron chi connectivity index (χ0n) is 14.9. The number of para-hydroxylation sites is 2. The second-order valence-electron chi connectivity index (χ2n) is 6.12. The lowest BCUT2D eigenvalue weighted by atomic mass is 10.2. The molecule has 4 nitrogen and oxygen atoms in total. The largest absolute Gasteiger partial charge is 0.452 e. The molecule has 5 heteroatoms. The Morgan fingerprint density at radius 2 is 1.39 bits per heavy atom. The average molecular weight is 387 g/mol. The van der Waals surface area contributed by atoms with Crippen molar-refractivity contribution in [3.8, 4) is 0 Å². The highest BCUT2D eigenvalue weighted by atomic mass is 32.2. The molecule has 1 aliphatic heterocycles. The third kappa shape index (κ3) is 3.85. The minimum Gasteiger partial charge on any atom is -0.452 e. The number of amides is 1. The van der Waals surface area contributed by atoms with Gasteiger partial charge in [0.15, 0.2) is 6.61 Å². The maximum atomic E-state index is 12.9. The van der Waals surface area contributed by atoms with Gasteiger partial charge in [-0.15, -0.1) is 0 Å². The maximum Gasteiger partial charge on any atom is 0.331 e. The van der Waals surface area contributed by atoms with Gasteiger partial charge in [-0.3, -0.25) is 9.69 Å². The third-order valence-corrected chi connectivity index (χ3v) is 5.36. The van der Waals surface area contributed by atoms with E-state index in [-0.39, 0.29) is 12.5 Å². The third-order valence-electron chi connectivity index (χ3n) is 4.23. The zero-order chi connectivity index (χ0) is 19.3. The first-order chi connectivity index (χ1) is 13.7. The van der Waals surface area contributed by atoms with E-state index in [1.54, 1.807) is 22.7 Å². The Labute approximate surface area is 167 Å². The smallest absolute Gasteiger partial charge is 0.331 e. The van der Waals surface area contributed by atoms with Crippen LogP contribution in [-0.4, -0.2) is 18.5 Å². The fraction of sp³-hybridized carbons (Fsp3) is 0.0435. The molecule has 138 valence electrons. The van der Waals surface area contributed by atoms with Crippen LogP contribution >= 0.6 is 11.8 Å². The van der Waals surface area contributed by atoms with Gasteiger partial charge >= 0.3 is 5.97 Å². The summed E-state index contributed by atoms with van der Waals surface area (Å²) in [5.41, 5.74) is 2.49. The molecule has 0 atom stereocenters. The van der Waals surface area contributed by atoms with E-state index in [1.807, 2.05) is 78.9 Å². The first-order valence-corrected chi connectivity index (χ1v) is 9.63. The van der Waals surface area contributed by atoms with Crippen LogP contribution in [0.5, 0.6) is 0 Å². The van der Waals surface area contributed by atoms with Gasteiger partial charge in [0, 0.05) is 15.9 Å². The summed E-state index contributed by atoms with van der Waals surface area (Å²) in [6.45, 7) is -0.328. The highest BCUT2D eigenvalue weighted by molar-refractivity contribution is 7.99. The molecule has 1 aliphatic rings. The lowest BCUT2D eigenvalue weighted by Gasteiger charge is -2.30. The summed E-state index contributed by atoms with van der Waals surface area (Å²) in [5, 5.41) is 0. The number of ether oxygens (including phenoxy) is 1. The maximum absolute atomic E-state index is 12.9. The fourth-order valence-electron chi connectivity index (χ4n) is 2.95. The molecule has 0 radical (unpaired) electrons. The molecule has 0 unspecified atom stereocenters. The first kappa shape index (κ1) is 18.1. The number of esters is 1. The molecule has 4 rings (SSSR count). The van der Waals surface area contributed by atoms with Gasteiger partial charge in [-0.2, -0.15) is 0 Å². The van der Waals surface area contributed by atoms with E-state index < -0.39 is 5.97 Å². The number of benzene rings is 3. The predicted octanol–water partition coefficient (Wildman–Crippen LogP) is 5.07. The Bertz CT molecular complexity index is 1000. The number of hydrogen-bond donors (Lipinski definition) is 0. The molecule has 0 saturated heterocycles. The number of carbonyl (C=O) groups excluding carboxylic acids is 2. The second kappa shape index (κ2) is 8.15. The quantitative estimate of drug-likeness (QED) is 0.463. The van der Waals surface area contributed by atoms with Gasteiger partial charge in [-0.05, 0) is 35.9 Å². The molecule has 0 saturated carbocycles. The van der Waals surface area contributed by atoms with Crippen molar-refractivity contribution in [2.24, 2.45) is 0 Å². The fourth-order valence-corrected chi connectivity index (χ4v) is 4.01. The van der Waals surface area contributed by atoms with Crippen LogP contribution in [0.3, 0.4) is 0 Å². The second-order valence-corrected chi connectivity index (χ2v) is 7.20. The summed E-state index contributed by atoms with van der Waals surface area (Å²) < 4.78 is 5.19. The Morgan fingerprint density at radius 3 is 2.04 bits per heavy atom. The number of nitrogens with zero attached hydrogens (tertiary/aromatic N) is 1. The van der Waals surface area contributed by atoms with Crippen LogP contribution in [0.2, 0.25) is 0 Å². The van der Waals surface area contributed by atoms with Gasteiger partial charge in [0.2, 0.25) is 0 Å². The molecule has 0 aromatic heterocycles. The molecule has 1 amide bonds. The van der Waals surface area contributed by atoms with Crippen LogP contribution in [0.15, 0.2) is 94.7 Å². The molecule has 0 spiro atoms. The van der Waals surface area contributed by atoms with E-state index in [4.69, 9.17) is 4.74 Å². The van der Waals surface area contributed by atoms with Crippen LogP contribution in [0.25, 0.3) is 6.08 Å². The highest BCUT2D eigenvalue weighted by Crippen LogP contribution is 2.47. The molecular formula is C23H17NO3S. The summed E-state index contributed by atoms with van der Waals surface area (Å²) in [6.07, 6.45) is 2.99. The number of anilines is 2. The minimum absolute atomic E-state index is 0.290. The molecule has 28 heavy (non-hydrogen) atoms. The van der Waals surface area contributed by atoms with E-state index >= 15 is 0 Å². The average Bonchev–Trinajstić information content (AvgIpc) is 2.75. The van der Waals surface area contributed by atoms with Gasteiger partial charge in [0.05, 0.1) is 11.4 Å². The molecular weight excluding hydrogens is 370 g/mol. The van der Waals surface area contributed by atoms with Crippen molar-refractivity contribution in [1.82, 2.24) is 0 Å². The molecule has 0 aliphatic carbocycles. The predicted molar refractivity (Wildman–Crippen MR) is 111 cm³/mol. The topological polar surface area (TPSA) is 46.6 Å². The van der Waals surface area contributed by atoms with Crippen molar-refractivity contribution in [2.75, 3.05) is 11.5 Å². The van der Waals surface area contributed by atoms with E-state index in [0.717, 1.165) is 26.7 Å². The van der Waals surface area contributed by atoms with Crippen molar-refractivity contribution in [3.63, 3.8) is 0 Å². The van der Waals surface area contributed by atoms with E-state index in [2.05, 4.69) is 0 Å². The van der Waals surface area contributed by atoms with Gasteiger partial charge in [-0.1, -0.05) is 66.4 Å². The first-order valence-electron chi connectivity index (χ1n) is 8.81. The summed E-state index contributed by atoms with van der Waals surface area (Å²) in [5.74, 6) is -0.841. The number of hydrogen-bond acceptors (Lipinski definition) is 4. The summed E-state index contributed by atoms with van der Waals surface area (Å²) in [7, 11) is 0. The van der Waals surface area contributed by atoms with Crippen LogP contribution in [0, 0.1) is 0 Å². The van der Waals surface area contributed by atoms with Gasteiger partial charge in [-0.25, -0.2) is 4.79 Å². The molecule has 1 heterocycles. The van der Waals surface area contributed by atoms with Crippen molar-refractivity contribution in [2.45, 2.75) is 9.79 Å². The zero-order valence-corrected chi connectivity index (χ0v) is 15.8. The van der Waals surface area contributed by atoms with Gasteiger partial charge in [0.25, 0.3) is 5.91 Å². The molecule has 0 N–H and O–H groups in total. The Balaban J connectivity index is 1.49. The van der Waals surface area contributed by atoms with Crippen molar-refractivity contribution in [1.29, 1.82) is 0 Å². The Morgan fingerprint density at radius 1 is 0.821 bits per heavy atom. The normalized spacial score (nSPS) is 12.4. The van der Waals surface area contributed by atoms with Crippen LogP contribution in [-0.2, 0) is 14.3 Å².